The van der Waals surface area contributed by atoms with Crippen molar-refractivity contribution in [3.63, 3.8) is 0 Å². The highest BCUT2D eigenvalue weighted by Crippen LogP contribution is 2.31. The normalized spacial score (nSPS) is 10.9. The minimum Gasteiger partial charge on any atom is -0.436 e. The van der Waals surface area contributed by atoms with Gasteiger partial charge in [-0.05, 0) is 30.7 Å². The number of hydrogen-bond acceptors (Lipinski definition) is 4. The first kappa shape index (κ1) is 12.6. The first-order valence-electron chi connectivity index (χ1n) is 5.87. The third-order valence-corrected chi connectivity index (χ3v) is 3.49. The summed E-state index contributed by atoms with van der Waals surface area (Å²) in [5.41, 5.74) is 2.56. The molecule has 0 N–H and O–H groups in total. The quantitative estimate of drug-likeness (QED) is 0.519. The summed E-state index contributed by atoms with van der Waals surface area (Å²) in [6.45, 7) is 1.87. The van der Waals surface area contributed by atoms with E-state index in [9.17, 15) is 10.1 Å². The first-order valence-corrected chi connectivity index (χ1v) is 6.24. The van der Waals surface area contributed by atoms with Gasteiger partial charge < -0.3 is 4.42 Å². The van der Waals surface area contributed by atoms with Gasteiger partial charge in [-0.2, -0.15) is 0 Å². The van der Waals surface area contributed by atoms with E-state index in [4.69, 9.17) is 16.0 Å². The van der Waals surface area contributed by atoms with Crippen molar-refractivity contribution in [3.05, 3.63) is 57.1 Å². The zero-order valence-electron chi connectivity index (χ0n) is 10.5. The number of oxazole rings is 1. The van der Waals surface area contributed by atoms with Crippen LogP contribution in [0, 0.1) is 17.0 Å². The number of nitro groups is 1. The van der Waals surface area contributed by atoms with Crippen LogP contribution in [0.3, 0.4) is 0 Å². The fourth-order valence-electron chi connectivity index (χ4n) is 1.98. The highest BCUT2D eigenvalue weighted by atomic mass is 35.5. The van der Waals surface area contributed by atoms with Crippen molar-refractivity contribution in [2.45, 2.75) is 6.92 Å². The number of nitro benzene ring substituents is 1. The molecule has 0 aliphatic carbocycles. The van der Waals surface area contributed by atoms with Crippen LogP contribution in [-0.4, -0.2) is 9.91 Å². The van der Waals surface area contributed by atoms with Gasteiger partial charge in [-0.1, -0.05) is 17.7 Å². The zero-order valence-corrected chi connectivity index (χ0v) is 11.2. The van der Waals surface area contributed by atoms with Crippen molar-refractivity contribution in [2.75, 3.05) is 0 Å². The molecule has 2 aromatic carbocycles. The van der Waals surface area contributed by atoms with Gasteiger partial charge in [-0.3, -0.25) is 10.1 Å². The molecule has 0 spiro atoms. The molecule has 0 aliphatic rings. The van der Waals surface area contributed by atoms with E-state index < -0.39 is 4.92 Å². The van der Waals surface area contributed by atoms with Gasteiger partial charge in [-0.25, -0.2) is 4.98 Å². The molecule has 5 nitrogen and oxygen atoms in total. The van der Waals surface area contributed by atoms with E-state index in [1.54, 1.807) is 12.1 Å². The lowest BCUT2D eigenvalue weighted by molar-refractivity contribution is -0.384. The van der Waals surface area contributed by atoms with E-state index in [0.717, 1.165) is 11.1 Å². The number of rotatable bonds is 2. The van der Waals surface area contributed by atoms with E-state index >= 15 is 0 Å². The van der Waals surface area contributed by atoms with E-state index in [1.807, 2.05) is 19.1 Å². The van der Waals surface area contributed by atoms with Gasteiger partial charge in [0.05, 0.1) is 11.0 Å². The van der Waals surface area contributed by atoms with Gasteiger partial charge in [-0.15, -0.1) is 0 Å². The molecule has 1 heterocycles. The van der Waals surface area contributed by atoms with Crippen LogP contribution in [0.15, 0.2) is 40.8 Å². The number of non-ortho nitro benzene ring substituents is 1. The van der Waals surface area contributed by atoms with E-state index in [2.05, 4.69) is 4.98 Å². The fraction of sp³-hybridized carbons (Fsp3) is 0.0714. The summed E-state index contributed by atoms with van der Waals surface area (Å²) in [5.74, 6) is 0.403. The molecule has 20 heavy (non-hydrogen) atoms. The van der Waals surface area contributed by atoms with Crippen molar-refractivity contribution in [1.29, 1.82) is 0 Å². The van der Waals surface area contributed by atoms with Crippen LogP contribution >= 0.6 is 11.6 Å². The summed E-state index contributed by atoms with van der Waals surface area (Å²) >= 11 is 6.07. The Balaban J connectivity index is 2.18. The van der Waals surface area contributed by atoms with E-state index in [0.29, 0.717) is 22.0 Å². The molecule has 3 rings (SSSR count). The maximum absolute atomic E-state index is 10.7. The molecular formula is C14H9ClN2O3. The van der Waals surface area contributed by atoms with Gasteiger partial charge in [0, 0.05) is 16.7 Å². The molecule has 0 amide bonds. The third kappa shape index (κ3) is 2.02. The standard InChI is InChI=1S/C14H9ClN2O3/c1-8-10(3-2-4-11(8)15)14-16-12-6-5-9(17(18)19)7-13(12)20-14/h2-7H,1H3. The average Bonchev–Trinajstić information content (AvgIpc) is 2.84. The molecule has 0 fully saturated rings. The van der Waals surface area contributed by atoms with Gasteiger partial charge in [0.2, 0.25) is 5.89 Å². The Hall–Kier alpha value is -2.40. The second kappa shape index (κ2) is 4.61. The summed E-state index contributed by atoms with van der Waals surface area (Å²) in [4.78, 5) is 14.6. The SMILES string of the molecule is Cc1c(Cl)cccc1-c1nc2ccc([N+](=O)[O-])cc2o1. The van der Waals surface area contributed by atoms with Gasteiger partial charge in [0.15, 0.2) is 5.58 Å². The number of fused-ring (bicyclic) bond motifs is 1. The second-order valence-electron chi connectivity index (χ2n) is 4.34. The Morgan fingerprint density at radius 2 is 2.10 bits per heavy atom. The summed E-state index contributed by atoms with van der Waals surface area (Å²) in [7, 11) is 0. The summed E-state index contributed by atoms with van der Waals surface area (Å²) in [6.07, 6.45) is 0. The van der Waals surface area contributed by atoms with Crippen LogP contribution in [0.5, 0.6) is 0 Å². The Kier molecular flexibility index (Phi) is 2.91. The third-order valence-electron chi connectivity index (χ3n) is 3.08. The number of aromatic nitrogens is 1. The summed E-state index contributed by atoms with van der Waals surface area (Å²) in [6, 6.07) is 9.78. The van der Waals surface area contributed by atoms with Crippen molar-refractivity contribution in [2.24, 2.45) is 0 Å². The highest BCUT2D eigenvalue weighted by molar-refractivity contribution is 6.31. The van der Waals surface area contributed by atoms with Gasteiger partial charge >= 0.3 is 0 Å². The first-order chi connectivity index (χ1) is 9.56. The van der Waals surface area contributed by atoms with Crippen molar-refractivity contribution in [3.8, 4) is 11.5 Å². The Labute approximate surface area is 119 Å². The summed E-state index contributed by atoms with van der Waals surface area (Å²) < 4.78 is 5.61. The molecular weight excluding hydrogens is 280 g/mol. The minimum atomic E-state index is -0.466. The van der Waals surface area contributed by atoms with Crippen LogP contribution in [0.1, 0.15) is 5.56 Å². The molecule has 3 aromatic rings. The van der Waals surface area contributed by atoms with Gasteiger partial charge in [0.25, 0.3) is 5.69 Å². The van der Waals surface area contributed by atoms with Crippen LogP contribution in [0.4, 0.5) is 5.69 Å². The number of hydrogen-bond donors (Lipinski definition) is 0. The van der Waals surface area contributed by atoms with Crippen LogP contribution in [0.25, 0.3) is 22.6 Å². The van der Waals surface area contributed by atoms with Crippen molar-refractivity contribution in [1.82, 2.24) is 4.98 Å². The molecule has 1 aromatic heterocycles. The topological polar surface area (TPSA) is 69.2 Å². The average molecular weight is 289 g/mol. The largest absolute Gasteiger partial charge is 0.436 e. The van der Waals surface area contributed by atoms with Crippen molar-refractivity contribution < 1.29 is 9.34 Å². The molecule has 0 unspecified atom stereocenters. The predicted octanol–water partition coefficient (Wildman–Crippen LogP) is 4.36. The molecule has 0 bridgehead atoms. The Morgan fingerprint density at radius 1 is 1.30 bits per heavy atom. The zero-order chi connectivity index (χ0) is 14.3. The Morgan fingerprint density at radius 3 is 2.85 bits per heavy atom. The molecule has 0 radical (unpaired) electrons. The molecule has 0 atom stereocenters. The predicted molar refractivity (Wildman–Crippen MR) is 75.8 cm³/mol. The highest BCUT2D eigenvalue weighted by Gasteiger charge is 2.14. The van der Waals surface area contributed by atoms with E-state index in [1.165, 1.54) is 12.1 Å². The number of benzene rings is 2. The molecule has 0 aliphatic heterocycles. The van der Waals surface area contributed by atoms with Crippen molar-refractivity contribution >= 4 is 28.4 Å². The molecule has 0 saturated heterocycles. The maximum atomic E-state index is 10.7. The van der Waals surface area contributed by atoms with Crippen LogP contribution < -0.4 is 0 Å². The van der Waals surface area contributed by atoms with E-state index in [-0.39, 0.29) is 5.69 Å². The number of nitrogens with zero attached hydrogens (tertiary/aromatic N) is 2. The number of halogens is 1. The molecule has 0 saturated carbocycles. The summed E-state index contributed by atoms with van der Waals surface area (Å²) in [5, 5.41) is 11.4. The minimum absolute atomic E-state index is 0.0250. The molecule has 100 valence electrons. The monoisotopic (exact) mass is 288 g/mol. The lowest BCUT2D eigenvalue weighted by Gasteiger charge is -2.02. The molecule has 6 heteroatoms. The lowest BCUT2D eigenvalue weighted by Crippen LogP contribution is -1.86. The Bertz CT molecular complexity index is 826. The maximum Gasteiger partial charge on any atom is 0.273 e. The van der Waals surface area contributed by atoms with Crippen LogP contribution in [0.2, 0.25) is 5.02 Å². The fourth-order valence-corrected chi connectivity index (χ4v) is 2.16. The smallest absolute Gasteiger partial charge is 0.273 e. The second-order valence-corrected chi connectivity index (χ2v) is 4.75. The van der Waals surface area contributed by atoms with Crippen LogP contribution in [-0.2, 0) is 0 Å². The van der Waals surface area contributed by atoms with Gasteiger partial charge in [0.1, 0.15) is 5.52 Å². The lowest BCUT2D eigenvalue weighted by atomic mass is 10.1.